The zero-order valence-electron chi connectivity index (χ0n) is 10.0. The van der Waals surface area contributed by atoms with Crippen LogP contribution in [0.4, 0.5) is 10.1 Å². The van der Waals surface area contributed by atoms with Gasteiger partial charge in [-0.05, 0) is 50.0 Å². The van der Waals surface area contributed by atoms with Gasteiger partial charge in [-0.25, -0.2) is 4.98 Å². The minimum Gasteiger partial charge on any atom is -0.358 e. The fourth-order valence-electron chi connectivity index (χ4n) is 2.86. The van der Waals surface area contributed by atoms with Gasteiger partial charge in [-0.1, -0.05) is 0 Å². The number of hydrogen-bond donors (Lipinski definition) is 2. The summed E-state index contributed by atoms with van der Waals surface area (Å²) in [7, 11) is 0. The molecule has 7 heteroatoms. The fourth-order valence-corrected chi connectivity index (χ4v) is 3.57. The van der Waals surface area contributed by atoms with Gasteiger partial charge in [0.15, 0.2) is 5.13 Å². The van der Waals surface area contributed by atoms with E-state index in [1.807, 2.05) is 0 Å². The Balaban J connectivity index is 1.63. The molecule has 2 fully saturated rings. The van der Waals surface area contributed by atoms with Gasteiger partial charge in [-0.3, -0.25) is 10.1 Å². The molecule has 0 radical (unpaired) electrons. The Bertz CT molecular complexity index is 458. The van der Waals surface area contributed by atoms with Crippen LogP contribution in [0, 0.1) is 10.1 Å². The molecule has 1 saturated carbocycles. The first-order chi connectivity index (χ1) is 8.67. The summed E-state index contributed by atoms with van der Waals surface area (Å²) in [6.07, 6.45) is 7.29. The number of piperidine rings is 1. The molecular weight excluding hydrogens is 252 g/mol. The lowest BCUT2D eigenvalue weighted by Crippen LogP contribution is -2.58. The van der Waals surface area contributed by atoms with Crippen LogP contribution in [0.2, 0.25) is 0 Å². The lowest BCUT2D eigenvalue weighted by Gasteiger charge is -2.48. The van der Waals surface area contributed by atoms with Crippen LogP contribution in [0.3, 0.4) is 0 Å². The standard InChI is InChI=1S/C11H16N4O2S/c16-15(17)9-7-12-10(18-9)14-8-2-5-13-11(6-8)3-1-4-11/h7-8,13H,1-6H2,(H,12,14). The molecule has 0 aromatic carbocycles. The topological polar surface area (TPSA) is 80.1 Å². The highest BCUT2D eigenvalue weighted by molar-refractivity contribution is 7.18. The van der Waals surface area contributed by atoms with Crippen LogP contribution < -0.4 is 10.6 Å². The van der Waals surface area contributed by atoms with Gasteiger partial charge in [0.1, 0.15) is 6.20 Å². The van der Waals surface area contributed by atoms with E-state index in [0.29, 0.717) is 16.7 Å². The number of thiazole rings is 1. The first-order valence-electron chi connectivity index (χ1n) is 6.29. The van der Waals surface area contributed by atoms with Gasteiger partial charge in [-0.2, -0.15) is 0 Å². The largest absolute Gasteiger partial charge is 0.358 e. The van der Waals surface area contributed by atoms with E-state index in [1.54, 1.807) is 0 Å². The molecule has 2 heterocycles. The van der Waals surface area contributed by atoms with Crippen molar-refractivity contribution in [2.24, 2.45) is 0 Å². The van der Waals surface area contributed by atoms with Gasteiger partial charge in [-0.15, -0.1) is 0 Å². The third kappa shape index (κ3) is 2.20. The molecule has 0 bridgehead atoms. The Labute approximate surface area is 109 Å². The molecule has 1 aromatic rings. The molecule has 0 amide bonds. The van der Waals surface area contributed by atoms with Gasteiger partial charge in [0, 0.05) is 11.6 Å². The molecule has 3 rings (SSSR count). The van der Waals surface area contributed by atoms with E-state index < -0.39 is 4.92 Å². The Morgan fingerprint density at radius 3 is 3.06 bits per heavy atom. The maximum atomic E-state index is 10.6. The van der Waals surface area contributed by atoms with E-state index in [0.717, 1.165) is 30.7 Å². The second-order valence-corrected chi connectivity index (χ2v) is 6.16. The Kier molecular flexibility index (Phi) is 2.95. The minimum absolute atomic E-state index is 0.102. The quantitative estimate of drug-likeness (QED) is 0.648. The third-order valence-corrected chi connectivity index (χ3v) is 4.82. The molecule has 2 aliphatic rings. The van der Waals surface area contributed by atoms with Gasteiger partial charge in [0.05, 0.1) is 4.92 Å². The maximum absolute atomic E-state index is 10.6. The van der Waals surface area contributed by atoms with Crippen LogP contribution in [0.25, 0.3) is 0 Å². The zero-order chi connectivity index (χ0) is 12.6. The second-order valence-electron chi connectivity index (χ2n) is 5.16. The van der Waals surface area contributed by atoms with Crippen molar-refractivity contribution in [2.75, 3.05) is 11.9 Å². The number of aromatic nitrogens is 1. The van der Waals surface area contributed by atoms with Crippen LogP contribution in [-0.4, -0.2) is 28.0 Å². The van der Waals surface area contributed by atoms with Gasteiger partial charge < -0.3 is 10.6 Å². The Hall–Kier alpha value is -1.21. The molecule has 1 aliphatic heterocycles. The molecule has 6 nitrogen and oxygen atoms in total. The lowest BCUT2D eigenvalue weighted by molar-refractivity contribution is -0.380. The fraction of sp³-hybridized carbons (Fsp3) is 0.727. The molecule has 18 heavy (non-hydrogen) atoms. The van der Waals surface area contributed by atoms with Crippen LogP contribution in [0.15, 0.2) is 6.20 Å². The van der Waals surface area contributed by atoms with E-state index in [9.17, 15) is 10.1 Å². The summed E-state index contributed by atoms with van der Waals surface area (Å²) in [6.45, 7) is 1.02. The van der Waals surface area contributed by atoms with Crippen LogP contribution in [0.1, 0.15) is 32.1 Å². The van der Waals surface area contributed by atoms with Crippen molar-refractivity contribution in [2.45, 2.75) is 43.7 Å². The Morgan fingerprint density at radius 2 is 2.44 bits per heavy atom. The highest BCUT2D eigenvalue weighted by Gasteiger charge is 2.41. The molecule has 2 N–H and O–H groups in total. The van der Waals surface area contributed by atoms with E-state index >= 15 is 0 Å². The van der Waals surface area contributed by atoms with Crippen molar-refractivity contribution in [1.29, 1.82) is 0 Å². The van der Waals surface area contributed by atoms with Crippen molar-refractivity contribution in [3.63, 3.8) is 0 Å². The molecule has 1 atom stereocenters. The molecule has 1 saturated heterocycles. The summed E-state index contributed by atoms with van der Waals surface area (Å²) in [5.74, 6) is 0. The first kappa shape index (κ1) is 11.9. The normalized spacial score (nSPS) is 25.7. The highest BCUT2D eigenvalue weighted by atomic mass is 32.1. The lowest BCUT2D eigenvalue weighted by atomic mass is 9.70. The number of nitrogens with zero attached hydrogens (tertiary/aromatic N) is 2. The van der Waals surface area contributed by atoms with Gasteiger partial charge in [0.2, 0.25) is 0 Å². The maximum Gasteiger partial charge on any atom is 0.345 e. The van der Waals surface area contributed by atoms with Crippen molar-refractivity contribution in [3.05, 3.63) is 16.3 Å². The monoisotopic (exact) mass is 268 g/mol. The second kappa shape index (κ2) is 4.47. The van der Waals surface area contributed by atoms with Crippen molar-refractivity contribution in [3.8, 4) is 0 Å². The number of rotatable bonds is 3. The van der Waals surface area contributed by atoms with Crippen LogP contribution >= 0.6 is 11.3 Å². The number of nitrogens with one attached hydrogen (secondary N) is 2. The predicted molar refractivity (Wildman–Crippen MR) is 70.0 cm³/mol. The highest BCUT2D eigenvalue weighted by Crippen LogP contribution is 2.39. The smallest absolute Gasteiger partial charge is 0.345 e. The Morgan fingerprint density at radius 1 is 1.61 bits per heavy atom. The van der Waals surface area contributed by atoms with Crippen LogP contribution in [-0.2, 0) is 0 Å². The van der Waals surface area contributed by atoms with Gasteiger partial charge >= 0.3 is 5.00 Å². The summed E-state index contributed by atoms with van der Waals surface area (Å²) in [5.41, 5.74) is 0.332. The number of nitro groups is 1. The van der Waals surface area contributed by atoms with E-state index in [-0.39, 0.29) is 5.00 Å². The third-order valence-electron chi connectivity index (χ3n) is 3.94. The SMILES string of the molecule is O=[N+]([O-])c1cnc(NC2CCNC3(CCC3)C2)s1. The predicted octanol–water partition coefficient (Wildman–Crippen LogP) is 2.14. The first-order valence-corrected chi connectivity index (χ1v) is 7.10. The molecule has 1 aliphatic carbocycles. The molecular formula is C11H16N4O2S. The summed E-state index contributed by atoms with van der Waals surface area (Å²) in [5, 5.41) is 18.3. The van der Waals surface area contributed by atoms with Crippen molar-refractivity contribution < 1.29 is 4.92 Å². The zero-order valence-corrected chi connectivity index (χ0v) is 10.8. The number of anilines is 1. The minimum atomic E-state index is -0.390. The van der Waals surface area contributed by atoms with Crippen molar-refractivity contribution in [1.82, 2.24) is 10.3 Å². The van der Waals surface area contributed by atoms with Crippen LogP contribution in [0.5, 0.6) is 0 Å². The van der Waals surface area contributed by atoms with Gasteiger partial charge in [0.25, 0.3) is 0 Å². The number of hydrogen-bond acceptors (Lipinski definition) is 6. The molecule has 98 valence electrons. The molecule has 1 unspecified atom stereocenters. The molecule has 1 spiro atoms. The average molecular weight is 268 g/mol. The summed E-state index contributed by atoms with van der Waals surface area (Å²) in [6, 6.07) is 0.386. The van der Waals surface area contributed by atoms with E-state index in [1.165, 1.54) is 25.5 Å². The van der Waals surface area contributed by atoms with E-state index in [2.05, 4.69) is 15.6 Å². The van der Waals surface area contributed by atoms with Crippen molar-refractivity contribution >= 4 is 21.5 Å². The average Bonchev–Trinajstić information content (AvgIpc) is 2.76. The molecule has 1 aromatic heterocycles. The summed E-state index contributed by atoms with van der Waals surface area (Å²) >= 11 is 1.12. The summed E-state index contributed by atoms with van der Waals surface area (Å²) < 4.78 is 0. The summed E-state index contributed by atoms with van der Waals surface area (Å²) in [4.78, 5) is 14.3. The van der Waals surface area contributed by atoms with E-state index in [4.69, 9.17) is 0 Å².